The van der Waals surface area contributed by atoms with E-state index in [1.807, 2.05) is 0 Å². The topological polar surface area (TPSA) is 51.2 Å². The summed E-state index contributed by atoms with van der Waals surface area (Å²) in [6.07, 6.45) is 17.5. The van der Waals surface area contributed by atoms with Gasteiger partial charge in [0.15, 0.2) is 5.78 Å². The lowest BCUT2D eigenvalue weighted by Crippen LogP contribution is -2.30. The zero-order valence-electron chi connectivity index (χ0n) is 25.1. The van der Waals surface area contributed by atoms with Crippen LogP contribution in [0, 0.1) is 36.5 Å². The predicted octanol–water partition coefficient (Wildman–Crippen LogP) is 9.05. The number of fused-ring (bicyclic) bond motifs is 1. The Balaban J connectivity index is 1.50. The Labute approximate surface area is 236 Å². The number of Topliss-reactive ketones (excluding diaryl/α,β-unsaturated/α-hetero) is 3. The van der Waals surface area contributed by atoms with Crippen molar-refractivity contribution in [3.63, 3.8) is 0 Å². The van der Waals surface area contributed by atoms with Crippen molar-refractivity contribution in [3.8, 4) is 0 Å². The molecule has 1 aromatic rings. The van der Waals surface area contributed by atoms with Crippen molar-refractivity contribution in [2.75, 3.05) is 0 Å². The number of ketones is 3. The first-order valence-corrected chi connectivity index (χ1v) is 15.8. The molecule has 3 nitrogen and oxygen atoms in total. The fourth-order valence-corrected chi connectivity index (χ4v) is 7.85. The van der Waals surface area contributed by atoms with E-state index in [4.69, 9.17) is 0 Å². The highest BCUT2D eigenvalue weighted by Gasteiger charge is 2.34. The van der Waals surface area contributed by atoms with Crippen molar-refractivity contribution in [3.05, 3.63) is 52.1 Å². The number of benzene rings is 1. The van der Waals surface area contributed by atoms with Crippen LogP contribution < -0.4 is 0 Å². The Morgan fingerprint density at radius 3 is 2.41 bits per heavy atom. The highest BCUT2D eigenvalue weighted by atomic mass is 16.1. The SMILES string of the molecule is CCCC(CC1CC(=O)c2c(C)ccc(C3=CC=C(CC4CCC(C)CC4)C3)c2C1)C(CC)C(=O)CC(C)=O. The zero-order valence-corrected chi connectivity index (χ0v) is 25.1. The van der Waals surface area contributed by atoms with E-state index < -0.39 is 0 Å². The molecule has 0 bridgehead atoms. The number of carbonyl (C=O) groups is 3. The summed E-state index contributed by atoms with van der Waals surface area (Å²) < 4.78 is 0. The second-order valence-electron chi connectivity index (χ2n) is 13.1. The highest BCUT2D eigenvalue weighted by Crippen LogP contribution is 2.42. The van der Waals surface area contributed by atoms with Gasteiger partial charge in [-0.3, -0.25) is 14.4 Å². The molecule has 0 saturated heterocycles. The van der Waals surface area contributed by atoms with Crippen LogP contribution in [0.25, 0.3) is 5.57 Å². The number of hydrogen-bond donors (Lipinski definition) is 0. The van der Waals surface area contributed by atoms with Crippen LogP contribution >= 0.6 is 0 Å². The highest BCUT2D eigenvalue weighted by molar-refractivity contribution is 6.01. The van der Waals surface area contributed by atoms with Gasteiger partial charge in [-0.05, 0) is 105 Å². The summed E-state index contributed by atoms with van der Waals surface area (Å²) in [5, 5.41) is 0. The van der Waals surface area contributed by atoms with Crippen molar-refractivity contribution in [2.24, 2.45) is 29.6 Å². The van der Waals surface area contributed by atoms with Gasteiger partial charge in [0.25, 0.3) is 0 Å². The quantitative estimate of drug-likeness (QED) is 0.253. The minimum absolute atomic E-state index is 0.0395. The smallest absolute Gasteiger partial charge is 0.163 e. The molecule has 1 aromatic carbocycles. The predicted molar refractivity (Wildman–Crippen MR) is 161 cm³/mol. The van der Waals surface area contributed by atoms with E-state index in [1.165, 1.54) is 55.7 Å². The van der Waals surface area contributed by atoms with E-state index in [0.29, 0.717) is 6.42 Å². The Bertz CT molecular complexity index is 1130. The maximum Gasteiger partial charge on any atom is 0.163 e. The van der Waals surface area contributed by atoms with Gasteiger partial charge >= 0.3 is 0 Å². The van der Waals surface area contributed by atoms with E-state index in [9.17, 15) is 14.4 Å². The number of hydrogen-bond acceptors (Lipinski definition) is 3. The first-order valence-electron chi connectivity index (χ1n) is 15.8. The van der Waals surface area contributed by atoms with Gasteiger partial charge in [-0.1, -0.05) is 76.3 Å². The lowest BCUT2D eigenvalue weighted by molar-refractivity contribution is -0.129. The standard InChI is InChI=1S/C36H50O3/c1-6-8-29(31(7-2)34(38)17-25(5)37)20-28-21-33-32(16-11-24(4)36(33)35(39)22-28)30-15-14-27(19-30)18-26-12-9-23(3)10-13-26/h11,14-16,23,26,28-29,31H,6-10,12-13,17-22H2,1-5H3. The van der Waals surface area contributed by atoms with Crippen LogP contribution in [0.2, 0.25) is 0 Å². The lowest BCUT2D eigenvalue weighted by atomic mass is 9.71. The summed E-state index contributed by atoms with van der Waals surface area (Å²) >= 11 is 0. The summed E-state index contributed by atoms with van der Waals surface area (Å²) in [6, 6.07) is 4.39. The fraction of sp³-hybridized carbons (Fsp3) is 0.639. The molecular weight excluding hydrogens is 480 g/mol. The Morgan fingerprint density at radius 1 is 1.00 bits per heavy atom. The molecule has 4 rings (SSSR count). The summed E-state index contributed by atoms with van der Waals surface area (Å²) in [5.41, 5.74) is 7.47. The van der Waals surface area contributed by atoms with Crippen LogP contribution in [-0.2, 0) is 16.0 Å². The Morgan fingerprint density at radius 2 is 1.74 bits per heavy atom. The Hall–Kier alpha value is -2.29. The van der Waals surface area contributed by atoms with E-state index in [1.54, 1.807) is 5.57 Å². The minimum atomic E-state index is -0.0885. The van der Waals surface area contributed by atoms with Crippen LogP contribution in [0.15, 0.2) is 29.9 Å². The zero-order chi connectivity index (χ0) is 28.1. The van der Waals surface area contributed by atoms with E-state index in [0.717, 1.165) is 61.5 Å². The Kier molecular flexibility index (Phi) is 10.2. The number of aryl methyl sites for hydroxylation is 1. The van der Waals surface area contributed by atoms with Gasteiger partial charge in [-0.25, -0.2) is 0 Å². The molecule has 0 radical (unpaired) electrons. The molecule has 3 heteroatoms. The van der Waals surface area contributed by atoms with E-state index in [2.05, 4.69) is 52.0 Å². The van der Waals surface area contributed by atoms with Crippen LogP contribution in [0.5, 0.6) is 0 Å². The average Bonchev–Trinajstić information content (AvgIpc) is 3.33. The molecule has 0 heterocycles. The molecule has 0 N–H and O–H groups in total. The summed E-state index contributed by atoms with van der Waals surface area (Å²) in [7, 11) is 0. The molecule has 39 heavy (non-hydrogen) atoms. The second-order valence-corrected chi connectivity index (χ2v) is 13.1. The van der Waals surface area contributed by atoms with Crippen molar-refractivity contribution in [1.29, 1.82) is 0 Å². The van der Waals surface area contributed by atoms with Crippen LogP contribution in [0.4, 0.5) is 0 Å². The molecular formula is C36H50O3. The van der Waals surface area contributed by atoms with E-state index in [-0.39, 0.29) is 41.5 Å². The fourth-order valence-electron chi connectivity index (χ4n) is 7.85. The first kappa shape index (κ1) is 29.7. The van der Waals surface area contributed by atoms with Crippen molar-refractivity contribution < 1.29 is 14.4 Å². The molecule has 0 spiro atoms. The molecule has 3 atom stereocenters. The van der Waals surface area contributed by atoms with Crippen LogP contribution in [-0.4, -0.2) is 17.3 Å². The summed E-state index contributed by atoms with van der Waals surface area (Å²) in [6.45, 7) is 10.2. The molecule has 0 aromatic heterocycles. The number of rotatable bonds is 12. The van der Waals surface area contributed by atoms with Crippen molar-refractivity contribution >= 4 is 22.9 Å². The minimum Gasteiger partial charge on any atom is -0.300 e. The first-order chi connectivity index (χ1) is 18.7. The molecule has 3 unspecified atom stereocenters. The van der Waals surface area contributed by atoms with Crippen LogP contribution in [0.1, 0.15) is 132 Å². The summed E-state index contributed by atoms with van der Waals surface area (Å²) in [4.78, 5) is 38.2. The number of allylic oxidation sites excluding steroid dienone is 4. The molecule has 212 valence electrons. The lowest BCUT2D eigenvalue weighted by Gasteiger charge is -2.32. The van der Waals surface area contributed by atoms with Gasteiger partial charge in [0.1, 0.15) is 11.6 Å². The third-order valence-corrected chi connectivity index (χ3v) is 9.88. The molecule has 3 aliphatic carbocycles. The average molecular weight is 531 g/mol. The largest absolute Gasteiger partial charge is 0.300 e. The third kappa shape index (κ3) is 7.27. The van der Waals surface area contributed by atoms with E-state index >= 15 is 0 Å². The molecule has 3 aliphatic rings. The van der Waals surface area contributed by atoms with Crippen LogP contribution in [0.3, 0.4) is 0 Å². The molecule has 0 aliphatic heterocycles. The third-order valence-electron chi connectivity index (χ3n) is 9.88. The van der Waals surface area contributed by atoms with Gasteiger partial charge < -0.3 is 0 Å². The van der Waals surface area contributed by atoms with Crippen molar-refractivity contribution in [2.45, 2.75) is 118 Å². The normalized spacial score (nSPS) is 24.5. The van der Waals surface area contributed by atoms with Gasteiger partial charge in [-0.2, -0.15) is 0 Å². The maximum absolute atomic E-state index is 13.6. The second kappa shape index (κ2) is 13.4. The molecule has 1 saturated carbocycles. The maximum atomic E-state index is 13.6. The van der Waals surface area contributed by atoms with Gasteiger partial charge in [0, 0.05) is 17.9 Å². The summed E-state index contributed by atoms with van der Waals surface area (Å²) in [5.74, 6) is 2.41. The van der Waals surface area contributed by atoms with Gasteiger partial charge in [0.05, 0.1) is 6.42 Å². The molecule has 1 fully saturated rings. The monoisotopic (exact) mass is 530 g/mol. The van der Waals surface area contributed by atoms with Crippen molar-refractivity contribution in [1.82, 2.24) is 0 Å². The van der Waals surface area contributed by atoms with Gasteiger partial charge in [0.2, 0.25) is 0 Å². The number of carbonyl (C=O) groups excluding carboxylic acids is 3. The molecule has 0 amide bonds. The van der Waals surface area contributed by atoms with Gasteiger partial charge in [-0.15, -0.1) is 0 Å².